The fourth-order valence-electron chi connectivity index (χ4n) is 9.40. The third kappa shape index (κ3) is 7.97. The van der Waals surface area contributed by atoms with E-state index in [1.54, 1.807) is 12.1 Å². The first kappa shape index (κ1) is 40.4. The lowest BCUT2D eigenvalue weighted by Gasteiger charge is -2.49. The molecule has 63 heavy (non-hydrogen) atoms. The summed E-state index contributed by atoms with van der Waals surface area (Å²) in [5.74, 6) is -3.32. The third-order valence-corrected chi connectivity index (χ3v) is 12.9. The number of H-pyrrole nitrogens is 1. The van der Waals surface area contributed by atoms with Crippen LogP contribution in [0.2, 0.25) is 0 Å². The quantitative estimate of drug-likeness (QED) is 0.144. The highest BCUT2D eigenvalue weighted by atomic mass is 19.1. The molecule has 0 bridgehead atoms. The van der Waals surface area contributed by atoms with Gasteiger partial charge in [0.1, 0.15) is 17.7 Å². The average Bonchev–Trinajstić information content (AvgIpc) is 3.76. The Balaban J connectivity index is 0.787. The Bertz CT molecular complexity index is 2650. The number of piperidine rings is 1. The third-order valence-electron chi connectivity index (χ3n) is 12.9. The number of piperazine rings is 1. The first-order valence-electron chi connectivity index (χ1n) is 21.4. The summed E-state index contributed by atoms with van der Waals surface area (Å²) >= 11 is 0. The highest BCUT2D eigenvalue weighted by Crippen LogP contribution is 2.34. The molecule has 6 heterocycles. The van der Waals surface area contributed by atoms with Gasteiger partial charge in [-0.05, 0) is 97.5 Å². The second kappa shape index (κ2) is 16.5. The topological polar surface area (TPSA) is 172 Å². The fourth-order valence-corrected chi connectivity index (χ4v) is 9.40. The Labute approximate surface area is 360 Å². The van der Waals surface area contributed by atoms with E-state index in [4.69, 9.17) is 4.74 Å². The van der Waals surface area contributed by atoms with Gasteiger partial charge in [-0.25, -0.2) is 8.78 Å². The summed E-state index contributed by atoms with van der Waals surface area (Å²) in [7, 11) is 0. The number of hydrogen-bond donors (Lipinski definition) is 4. The van der Waals surface area contributed by atoms with Gasteiger partial charge >= 0.3 is 0 Å². The van der Waals surface area contributed by atoms with Gasteiger partial charge in [0, 0.05) is 99.5 Å². The number of anilines is 4. The summed E-state index contributed by atoms with van der Waals surface area (Å²) in [5.41, 5.74) is 5.59. The van der Waals surface area contributed by atoms with Crippen LogP contribution in [0.4, 0.5) is 31.7 Å². The van der Waals surface area contributed by atoms with Crippen LogP contribution in [-0.2, 0) is 20.7 Å². The lowest BCUT2D eigenvalue weighted by Crippen LogP contribution is -2.63. The molecule has 0 aliphatic carbocycles. The Morgan fingerprint density at radius 3 is 2.27 bits per heavy atom. The van der Waals surface area contributed by atoms with Gasteiger partial charge in [-0.3, -0.25) is 44.2 Å². The molecule has 5 aromatic rings. The van der Waals surface area contributed by atoms with Crippen LogP contribution in [0.1, 0.15) is 67.9 Å². The first-order chi connectivity index (χ1) is 30.5. The number of nitrogens with one attached hydrogen (secondary N) is 4. The normalized spacial score (nSPS) is 20.0. The van der Waals surface area contributed by atoms with E-state index in [0.717, 1.165) is 85.7 Å². The van der Waals surface area contributed by atoms with Crippen molar-refractivity contribution in [3.05, 3.63) is 112 Å². The predicted molar refractivity (Wildman–Crippen MR) is 230 cm³/mol. The number of nitrogens with zero attached hydrogens (tertiary/aromatic N) is 5. The molecule has 0 radical (unpaired) electrons. The first-order valence-corrected chi connectivity index (χ1v) is 21.4. The Morgan fingerprint density at radius 1 is 0.778 bits per heavy atom. The van der Waals surface area contributed by atoms with Crippen molar-refractivity contribution < 1.29 is 37.5 Å². The van der Waals surface area contributed by atoms with Crippen molar-refractivity contribution in [2.75, 3.05) is 72.9 Å². The van der Waals surface area contributed by atoms with E-state index in [1.807, 2.05) is 42.5 Å². The van der Waals surface area contributed by atoms with Crippen molar-refractivity contribution in [3.63, 3.8) is 0 Å². The van der Waals surface area contributed by atoms with Gasteiger partial charge in [0.2, 0.25) is 11.8 Å². The maximum atomic E-state index is 14.0. The number of halogens is 2. The largest absolute Gasteiger partial charge is 0.381 e. The van der Waals surface area contributed by atoms with Crippen molar-refractivity contribution in [1.82, 2.24) is 25.3 Å². The van der Waals surface area contributed by atoms with E-state index >= 15 is 0 Å². The van der Waals surface area contributed by atoms with E-state index in [1.165, 1.54) is 12.1 Å². The molecule has 10 rings (SSSR count). The standard InChI is InChI=1S/C46H45F2N9O6/c47-28-18-27(19-29(48)21-28)17-26-1-6-38-37(20-26)42(53-52-38)51-43(59)35-5-3-32(23-39(35)49-30-9-15-63-16-10-30)54-11-13-55(14-12-54)33-24-56(25-33)31-2-4-34-36(22-31)46(62)57(45(34)61)40-7-8-41(58)50-44(40)60/h1-6,18-23,30,33,40,49H,7-17,24-25H2,(H,50,58,60)(H2,51,52,53,59). The summed E-state index contributed by atoms with van der Waals surface area (Å²) in [5, 5.41) is 16.9. The number of aromatic amines is 1. The number of carbonyl (C=O) groups is 5. The van der Waals surface area contributed by atoms with Gasteiger partial charge in [0.15, 0.2) is 5.82 Å². The molecule has 324 valence electrons. The second-order valence-corrected chi connectivity index (χ2v) is 16.9. The van der Waals surface area contributed by atoms with Crippen LogP contribution in [0.15, 0.2) is 72.8 Å². The summed E-state index contributed by atoms with van der Waals surface area (Å²) < 4.78 is 33.4. The number of aromatic nitrogens is 2. The molecule has 4 saturated heterocycles. The maximum Gasteiger partial charge on any atom is 0.262 e. The van der Waals surface area contributed by atoms with Crippen molar-refractivity contribution in [2.45, 2.75) is 50.2 Å². The summed E-state index contributed by atoms with van der Waals surface area (Å²) in [6.07, 6.45) is 2.11. The van der Waals surface area contributed by atoms with E-state index in [-0.39, 0.29) is 35.9 Å². The molecule has 4 aromatic carbocycles. The van der Waals surface area contributed by atoms with Crippen LogP contribution < -0.4 is 25.8 Å². The number of amides is 5. The zero-order chi connectivity index (χ0) is 43.4. The number of hydrogen-bond acceptors (Lipinski definition) is 11. The summed E-state index contributed by atoms with van der Waals surface area (Å²) in [4.78, 5) is 72.7. The minimum Gasteiger partial charge on any atom is -0.381 e. The molecule has 0 spiro atoms. The lowest BCUT2D eigenvalue weighted by molar-refractivity contribution is -0.136. The lowest BCUT2D eigenvalue weighted by atomic mass is 10.0. The van der Waals surface area contributed by atoms with Crippen LogP contribution in [0, 0.1) is 11.6 Å². The second-order valence-electron chi connectivity index (χ2n) is 16.9. The molecular weight excluding hydrogens is 813 g/mol. The van der Waals surface area contributed by atoms with E-state index in [9.17, 15) is 32.8 Å². The van der Waals surface area contributed by atoms with E-state index < -0.39 is 41.3 Å². The summed E-state index contributed by atoms with van der Waals surface area (Å²) in [6.45, 7) is 6.05. The minimum atomic E-state index is -1.00. The predicted octanol–water partition coefficient (Wildman–Crippen LogP) is 4.69. The molecule has 1 unspecified atom stereocenters. The monoisotopic (exact) mass is 857 g/mol. The van der Waals surface area contributed by atoms with E-state index in [0.29, 0.717) is 53.5 Å². The zero-order valence-corrected chi connectivity index (χ0v) is 34.3. The highest BCUT2D eigenvalue weighted by Gasteiger charge is 2.45. The molecule has 1 aromatic heterocycles. The van der Waals surface area contributed by atoms with Crippen LogP contribution in [0.25, 0.3) is 10.9 Å². The van der Waals surface area contributed by atoms with Gasteiger partial charge in [0.05, 0.1) is 22.2 Å². The van der Waals surface area contributed by atoms with Gasteiger partial charge in [0.25, 0.3) is 17.7 Å². The van der Waals surface area contributed by atoms with Crippen molar-refractivity contribution in [1.29, 1.82) is 0 Å². The van der Waals surface area contributed by atoms with Gasteiger partial charge in [-0.2, -0.15) is 5.10 Å². The number of ether oxygens (including phenoxy) is 1. The number of rotatable bonds is 10. The molecular formula is C46H45F2N9O6. The molecule has 15 nitrogen and oxygen atoms in total. The number of carbonyl (C=O) groups excluding carboxylic acids is 5. The molecule has 1 atom stereocenters. The van der Waals surface area contributed by atoms with Crippen molar-refractivity contribution in [3.8, 4) is 0 Å². The van der Waals surface area contributed by atoms with E-state index in [2.05, 4.69) is 40.8 Å². The van der Waals surface area contributed by atoms with Crippen LogP contribution >= 0.6 is 0 Å². The molecule has 5 aliphatic rings. The molecule has 5 amide bonds. The highest BCUT2D eigenvalue weighted by molar-refractivity contribution is 6.23. The maximum absolute atomic E-state index is 14.0. The van der Waals surface area contributed by atoms with Crippen molar-refractivity contribution >= 4 is 63.3 Å². The molecule has 4 fully saturated rings. The van der Waals surface area contributed by atoms with Gasteiger partial charge < -0.3 is 25.2 Å². The molecule has 4 N–H and O–H groups in total. The van der Waals surface area contributed by atoms with Gasteiger partial charge in [-0.1, -0.05) is 6.07 Å². The zero-order valence-electron chi connectivity index (χ0n) is 34.3. The number of fused-ring (bicyclic) bond motifs is 2. The SMILES string of the molecule is O=C1CCC(N2C(=O)c3ccc(N4CC(N5CCN(c6ccc(C(=O)Nc7n[nH]c8ccc(Cc9cc(F)cc(F)c9)cc78)c(NC7CCOCC7)c6)CC5)C4)cc3C2=O)C(=O)N1. The Kier molecular flexibility index (Phi) is 10.6. The van der Waals surface area contributed by atoms with Crippen LogP contribution in [0.5, 0.6) is 0 Å². The van der Waals surface area contributed by atoms with Gasteiger partial charge in [-0.15, -0.1) is 0 Å². The smallest absolute Gasteiger partial charge is 0.262 e. The Morgan fingerprint density at radius 2 is 1.51 bits per heavy atom. The molecule has 17 heteroatoms. The minimum absolute atomic E-state index is 0.0705. The van der Waals surface area contributed by atoms with Crippen molar-refractivity contribution in [2.24, 2.45) is 0 Å². The van der Waals surface area contributed by atoms with Crippen LogP contribution in [-0.4, -0.2) is 120 Å². The van der Waals surface area contributed by atoms with Crippen LogP contribution in [0.3, 0.4) is 0 Å². The summed E-state index contributed by atoms with van der Waals surface area (Å²) in [6, 6.07) is 19.6. The number of imide groups is 2. The fraction of sp³-hybridized carbons (Fsp3) is 0.348. The molecule has 5 aliphatic heterocycles. The average molecular weight is 858 g/mol. The Hall–Kier alpha value is -6.72. The molecule has 0 saturated carbocycles. The number of benzene rings is 4.